The highest BCUT2D eigenvalue weighted by Gasteiger charge is 2.38. The summed E-state index contributed by atoms with van der Waals surface area (Å²) in [5.41, 5.74) is 0.596. The topological polar surface area (TPSA) is 12.0 Å². The van der Waals surface area contributed by atoms with E-state index in [1.165, 1.54) is 12.8 Å². The molecule has 3 heteroatoms. The van der Waals surface area contributed by atoms with Gasteiger partial charge in [-0.2, -0.15) is 0 Å². The van der Waals surface area contributed by atoms with Crippen LogP contribution in [0.4, 0.5) is 4.39 Å². The van der Waals surface area contributed by atoms with E-state index in [0.29, 0.717) is 10.4 Å². The third-order valence-electron chi connectivity index (χ3n) is 4.11. The molecular formula is C15H21BrFN. The summed E-state index contributed by atoms with van der Waals surface area (Å²) >= 11 is 3.30. The van der Waals surface area contributed by atoms with Crippen molar-refractivity contribution < 1.29 is 4.39 Å². The summed E-state index contributed by atoms with van der Waals surface area (Å²) in [4.78, 5) is 0. The SMILES string of the molecule is CC(C)C1(c2cccc(Br)c2F)CCCCCN1. The molecule has 0 saturated carbocycles. The smallest absolute Gasteiger partial charge is 0.142 e. The summed E-state index contributed by atoms with van der Waals surface area (Å²) in [6.45, 7) is 5.33. The molecule has 100 valence electrons. The van der Waals surface area contributed by atoms with Gasteiger partial charge in [-0.1, -0.05) is 38.8 Å². The molecule has 1 heterocycles. The molecule has 1 aliphatic heterocycles. The largest absolute Gasteiger partial charge is 0.307 e. The van der Waals surface area contributed by atoms with Gasteiger partial charge in [0.05, 0.1) is 4.47 Å². The molecule has 1 aliphatic rings. The van der Waals surface area contributed by atoms with Gasteiger partial charge in [0.15, 0.2) is 0 Å². The van der Waals surface area contributed by atoms with Gasteiger partial charge in [-0.05, 0) is 47.3 Å². The fourth-order valence-corrected chi connectivity index (χ4v) is 3.35. The van der Waals surface area contributed by atoms with Gasteiger partial charge in [0.25, 0.3) is 0 Å². The van der Waals surface area contributed by atoms with E-state index in [1.807, 2.05) is 12.1 Å². The first-order valence-electron chi connectivity index (χ1n) is 6.77. The Bertz CT molecular complexity index is 409. The van der Waals surface area contributed by atoms with E-state index >= 15 is 0 Å². The molecule has 1 aromatic carbocycles. The highest BCUT2D eigenvalue weighted by atomic mass is 79.9. The Labute approximate surface area is 117 Å². The average Bonchev–Trinajstić information content (AvgIpc) is 2.59. The van der Waals surface area contributed by atoms with Crippen molar-refractivity contribution in [1.29, 1.82) is 0 Å². The van der Waals surface area contributed by atoms with Gasteiger partial charge < -0.3 is 5.32 Å². The first-order chi connectivity index (χ1) is 8.58. The normalized spacial score (nSPS) is 25.2. The number of benzene rings is 1. The third kappa shape index (κ3) is 2.48. The quantitative estimate of drug-likeness (QED) is 0.841. The Morgan fingerprint density at radius 3 is 2.78 bits per heavy atom. The molecule has 0 aliphatic carbocycles. The molecule has 0 spiro atoms. The van der Waals surface area contributed by atoms with E-state index in [0.717, 1.165) is 24.9 Å². The van der Waals surface area contributed by atoms with Crippen LogP contribution in [0.25, 0.3) is 0 Å². The summed E-state index contributed by atoms with van der Waals surface area (Å²) in [7, 11) is 0. The highest BCUT2D eigenvalue weighted by molar-refractivity contribution is 9.10. The van der Waals surface area contributed by atoms with Crippen molar-refractivity contribution in [2.45, 2.75) is 45.1 Å². The van der Waals surface area contributed by atoms with E-state index < -0.39 is 0 Å². The molecule has 1 nitrogen and oxygen atoms in total. The fraction of sp³-hybridized carbons (Fsp3) is 0.600. The second-order valence-corrected chi connectivity index (χ2v) is 6.32. The Balaban J connectivity index is 2.49. The summed E-state index contributed by atoms with van der Waals surface area (Å²) in [6, 6.07) is 5.63. The van der Waals surface area contributed by atoms with Crippen LogP contribution in [0.1, 0.15) is 45.1 Å². The minimum absolute atomic E-state index is 0.111. The van der Waals surface area contributed by atoms with Crippen LogP contribution in [0.3, 0.4) is 0 Å². The summed E-state index contributed by atoms with van der Waals surface area (Å²) in [5, 5.41) is 3.62. The van der Waals surface area contributed by atoms with Crippen LogP contribution in [0.5, 0.6) is 0 Å². The van der Waals surface area contributed by atoms with E-state index in [2.05, 4.69) is 35.1 Å². The zero-order valence-electron chi connectivity index (χ0n) is 11.1. The third-order valence-corrected chi connectivity index (χ3v) is 4.72. The molecule has 2 rings (SSSR count). The van der Waals surface area contributed by atoms with Gasteiger partial charge in [-0.25, -0.2) is 4.39 Å². The van der Waals surface area contributed by atoms with E-state index in [4.69, 9.17) is 0 Å². The van der Waals surface area contributed by atoms with Crippen LogP contribution < -0.4 is 5.32 Å². The lowest BCUT2D eigenvalue weighted by atomic mass is 9.76. The predicted molar refractivity (Wildman–Crippen MR) is 77.1 cm³/mol. The fourth-order valence-electron chi connectivity index (χ4n) is 2.99. The van der Waals surface area contributed by atoms with E-state index in [1.54, 1.807) is 6.07 Å². The maximum absolute atomic E-state index is 14.4. The number of rotatable bonds is 2. The second-order valence-electron chi connectivity index (χ2n) is 5.46. The van der Waals surface area contributed by atoms with Crippen LogP contribution in [0.15, 0.2) is 22.7 Å². The standard InChI is InChI=1S/C15H21BrFN/c1-11(2)15(9-4-3-5-10-18-15)12-7-6-8-13(16)14(12)17/h6-8,11,18H,3-5,9-10H2,1-2H3. The molecule has 18 heavy (non-hydrogen) atoms. The van der Waals surface area contributed by atoms with Gasteiger partial charge in [-0.3, -0.25) is 0 Å². The number of halogens is 2. The zero-order valence-corrected chi connectivity index (χ0v) is 12.7. The molecule has 1 fully saturated rings. The van der Waals surface area contributed by atoms with Gasteiger partial charge in [0, 0.05) is 11.1 Å². The van der Waals surface area contributed by atoms with E-state index in [-0.39, 0.29) is 11.4 Å². The minimum atomic E-state index is -0.218. The molecule has 0 amide bonds. The molecule has 1 saturated heterocycles. The number of hydrogen-bond acceptors (Lipinski definition) is 1. The van der Waals surface area contributed by atoms with Gasteiger partial charge >= 0.3 is 0 Å². The molecule has 1 N–H and O–H groups in total. The molecular weight excluding hydrogens is 293 g/mol. The van der Waals surface area contributed by atoms with Gasteiger partial charge in [0.1, 0.15) is 5.82 Å². The molecule has 0 radical (unpaired) electrons. The predicted octanol–water partition coefficient (Wildman–Crippen LogP) is 4.60. The maximum Gasteiger partial charge on any atom is 0.142 e. The Morgan fingerprint density at radius 1 is 1.28 bits per heavy atom. The van der Waals surface area contributed by atoms with Crippen molar-refractivity contribution in [3.05, 3.63) is 34.1 Å². The van der Waals surface area contributed by atoms with Crippen LogP contribution in [0.2, 0.25) is 0 Å². The van der Waals surface area contributed by atoms with Crippen LogP contribution in [0, 0.1) is 11.7 Å². The Morgan fingerprint density at radius 2 is 2.06 bits per heavy atom. The van der Waals surface area contributed by atoms with Crippen molar-refractivity contribution >= 4 is 15.9 Å². The molecule has 1 aromatic rings. The monoisotopic (exact) mass is 313 g/mol. The van der Waals surface area contributed by atoms with Crippen molar-refractivity contribution in [2.75, 3.05) is 6.54 Å². The lowest BCUT2D eigenvalue weighted by Gasteiger charge is -2.39. The Hall–Kier alpha value is -0.410. The maximum atomic E-state index is 14.4. The zero-order chi connectivity index (χ0) is 13.2. The summed E-state index contributed by atoms with van der Waals surface area (Å²) < 4.78 is 15.0. The number of nitrogens with one attached hydrogen (secondary N) is 1. The lowest BCUT2D eigenvalue weighted by Crippen LogP contribution is -2.47. The number of hydrogen-bond donors (Lipinski definition) is 1. The van der Waals surface area contributed by atoms with Crippen molar-refractivity contribution in [2.24, 2.45) is 5.92 Å². The Kier molecular flexibility index (Phi) is 4.44. The molecule has 1 atom stereocenters. The first kappa shape index (κ1) is 14.0. The first-order valence-corrected chi connectivity index (χ1v) is 7.57. The molecule has 0 aromatic heterocycles. The van der Waals surface area contributed by atoms with Gasteiger partial charge in [0.2, 0.25) is 0 Å². The summed E-state index contributed by atoms with van der Waals surface area (Å²) in [5.74, 6) is 0.264. The van der Waals surface area contributed by atoms with Crippen LogP contribution in [-0.4, -0.2) is 6.54 Å². The van der Waals surface area contributed by atoms with Crippen molar-refractivity contribution in [1.82, 2.24) is 5.32 Å². The van der Waals surface area contributed by atoms with Crippen molar-refractivity contribution in [3.63, 3.8) is 0 Å². The highest BCUT2D eigenvalue weighted by Crippen LogP contribution is 2.39. The summed E-state index contributed by atoms with van der Waals surface area (Å²) in [6.07, 6.45) is 4.59. The van der Waals surface area contributed by atoms with Gasteiger partial charge in [-0.15, -0.1) is 0 Å². The lowest BCUT2D eigenvalue weighted by molar-refractivity contribution is 0.222. The second kappa shape index (κ2) is 5.70. The van der Waals surface area contributed by atoms with E-state index in [9.17, 15) is 4.39 Å². The van der Waals surface area contributed by atoms with Crippen molar-refractivity contribution in [3.8, 4) is 0 Å². The molecule has 0 bridgehead atoms. The van der Waals surface area contributed by atoms with Crippen LogP contribution >= 0.6 is 15.9 Å². The average molecular weight is 314 g/mol. The minimum Gasteiger partial charge on any atom is -0.307 e. The van der Waals surface area contributed by atoms with Crippen LogP contribution in [-0.2, 0) is 5.54 Å². The molecule has 1 unspecified atom stereocenters.